The van der Waals surface area contributed by atoms with E-state index in [1.165, 1.54) is 0 Å². The monoisotopic (exact) mass is 412 g/mol. The second kappa shape index (κ2) is 7.92. The summed E-state index contributed by atoms with van der Waals surface area (Å²) in [5.74, 6) is 0.400. The van der Waals surface area contributed by atoms with E-state index in [0.29, 0.717) is 13.0 Å². The van der Waals surface area contributed by atoms with Crippen LogP contribution < -0.4 is 9.62 Å². The fourth-order valence-electron chi connectivity index (χ4n) is 4.18. The standard InChI is InChI=1S/C23H28N2O3S/c1-16(18-7-4-3-5-8-18)15-24-29(27,28)21-11-12-22-20(14-21)13-17(2)25(22)23(26)19-9-6-10-19/h3-5,7-8,11-12,14,16-17,19,24H,6,9-10,13,15H2,1-2H3. The summed E-state index contributed by atoms with van der Waals surface area (Å²) in [7, 11) is -3.60. The van der Waals surface area contributed by atoms with Gasteiger partial charge in [0.1, 0.15) is 0 Å². The Labute approximate surface area is 173 Å². The second-order valence-electron chi connectivity index (χ2n) is 8.34. The maximum Gasteiger partial charge on any atom is 0.240 e. The molecular weight excluding hydrogens is 384 g/mol. The molecular formula is C23H28N2O3S. The van der Waals surface area contributed by atoms with Gasteiger partial charge in [-0.1, -0.05) is 43.7 Å². The average Bonchev–Trinajstić information content (AvgIpc) is 3.00. The molecule has 0 saturated heterocycles. The Morgan fingerprint density at radius 3 is 2.55 bits per heavy atom. The third-order valence-electron chi connectivity index (χ3n) is 6.22. The predicted octanol–water partition coefficient (Wildman–Crippen LogP) is 3.85. The number of sulfonamides is 1. The second-order valence-corrected chi connectivity index (χ2v) is 10.1. The number of carbonyl (C=O) groups is 1. The molecule has 2 aromatic carbocycles. The van der Waals surface area contributed by atoms with Crippen LogP contribution in [0.15, 0.2) is 53.4 Å². The van der Waals surface area contributed by atoms with Crippen molar-refractivity contribution in [3.05, 3.63) is 59.7 Å². The van der Waals surface area contributed by atoms with E-state index in [2.05, 4.69) is 4.72 Å². The summed E-state index contributed by atoms with van der Waals surface area (Å²) in [6, 6.07) is 15.1. The molecule has 1 saturated carbocycles. The number of nitrogens with one attached hydrogen (secondary N) is 1. The van der Waals surface area contributed by atoms with E-state index < -0.39 is 10.0 Å². The minimum Gasteiger partial charge on any atom is -0.309 e. The molecule has 1 aliphatic carbocycles. The number of carbonyl (C=O) groups excluding carboxylic acids is 1. The maximum atomic E-state index is 12.8. The van der Waals surface area contributed by atoms with Crippen molar-refractivity contribution in [1.29, 1.82) is 0 Å². The molecule has 1 heterocycles. The van der Waals surface area contributed by atoms with Crippen LogP contribution >= 0.6 is 0 Å². The summed E-state index contributed by atoms with van der Waals surface area (Å²) in [5, 5.41) is 0. The third kappa shape index (κ3) is 3.96. The normalized spacial score (nSPS) is 20.2. The first kappa shape index (κ1) is 20.1. The van der Waals surface area contributed by atoms with Gasteiger partial charge in [0.25, 0.3) is 0 Å². The molecule has 29 heavy (non-hydrogen) atoms. The number of amides is 1. The number of hydrogen-bond acceptors (Lipinski definition) is 3. The van der Waals surface area contributed by atoms with Crippen LogP contribution in [0.25, 0.3) is 0 Å². The Bertz CT molecular complexity index is 1000. The molecule has 5 nitrogen and oxygen atoms in total. The largest absolute Gasteiger partial charge is 0.309 e. The van der Waals surface area contributed by atoms with Crippen molar-refractivity contribution in [3.8, 4) is 0 Å². The van der Waals surface area contributed by atoms with Crippen molar-refractivity contribution in [2.45, 2.75) is 56.4 Å². The zero-order valence-corrected chi connectivity index (χ0v) is 17.8. The number of fused-ring (bicyclic) bond motifs is 1. The highest BCUT2D eigenvalue weighted by atomic mass is 32.2. The van der Waals surface area contributed by atoms with Crippen LogP contribution in [-0.2, 0) is 21.2 Å². The fourth-order valence-corrected chi connectivity index (χ4v) is 5.36. The van der Waals surface area contributed by atoms with E-state index in [4.69, 9.17) is 0 Å². The molecule has 0 radical (unpaired) electrons. The Hall–Kier alpha value is -2.18. The summed E-state index contributed by atoms with van der Waals surface area (Å²) < 4.78 is 28.4. The molecule has 0 bridgehead atoms. The topological polar surface area (TPSA) is 66.5 Å². The summed E-state index contributed by atoms with van der Waals surface area (Å²) in [6.45, 7) is 4.38. The summed E-state index contributed by atoms with van der Waals surface area (Å²) in [4.78, 5) is 14.9. The Kier molecular flexibility index (Phi) is 5.49. The minimum atomic E-state index is -3.60. The van der Waals surface area contributed by atoms with Gasteiger partial charge in [0.2, 0.25) is 15.9 Å². The lowest BCUT2D eigenvalue weighted by atomic mass is 9.84. The van der Waals surface area contributed by atoms with Crippen molar-refractivity contribution < 1.29 is 13.2 Å². The predicted molar refractivity (Wildman–Crippen MR) is 114 cm³/mol. The number of benzene rings is 2. The molecule has 4 rings (SSSR count). The molecule has 0 spiro atoms. The number of hydrogen-bond donors (Lipinski definition) is 1. The van der Waals surface area contributed by atoms with Gasteiger partial charge in [-0.25, -0.2) is 13.1 Å². The zero-order valence-electron chi connectivity index (χ0n) is 17.0. The molecule has 1 aliphatic heterocycles. The van der Waals surface area contributed by atoms with Gasteiger partial charge < -0.3 is 4.90 Å². The lowest BCUT2D eigenvalue weighted by molar-refractivity contribution is -0.125. The van der Waals surface area contributed by atoms with Crippen LogP contribution in [0, 0.1) is 5.92 Å². The molecule has 2 aromatic rings. The molecule has 6 heteroatoms. The van der Waals surface area contributed by atoms with E-state index in [1.807, 2.05) is 49.1 Å². The zero-order chi connectivity index (χ0) is 20.6. The first-order valence-corrected chi connectivity index (χ1v) is 11.9. The lowest BCUT2D eigenvalue weighted by Gasteiger charge is -2.32. The van der Waals surface area contributed by atoms with Crippen LogP contribution in [0.2, 0.25) is 0 Å². The third-order valence-corrected chi connectivity index (χ3v) is 7.64. The van der Waals surface area contributed by atoms with Crippen LogP contribution in [0.3, 0.4) is 0 Å². The SMILES string of the molecule is CC(CNS(=O)(=O)c1ccc2c(c1)CC(C)N2C(=O)C1CCC1)c1ccccc1. The highest BCUT2D eigenvalue weighted by Gasteiger charge is 2.37. The van der Waals surface area contributed by atoms with Crippen LogP contribution in [0.5, 0.6) is 0 Å². The Balaban J connectivity index is 1.49. The smallest absolute Gasteiger partial charge is 0.240 e. The number of nitrogens with zero attached hydrogens (tertiary/aromatic N) is 1. The first-order valence-electron chi connectivity index (χ1n) is 10.4. The van der Waals surface area contributed by atoms with Gasteiger partial charge in [-0.05, 0) is 61.4 Å². The molecule has 1 N–H and O–H groups in total. The van der Waals surface area contributed by atoms with Gasteiger partial charge in [0.15, 0.2) is 0 Å². The van der Waals surface area contributed by atoms with E-state index in [-0.39, 0.29) is 28.7 Å². The lowest BCUT2D eigenvalue weighted by Crippen LogP contribution is -2.42. The van der Waals surface area contributed by atoms with Gasteiger partial charge in [0.05, 0.1) is 4.90 Å². The van der Waals surface area contributed by atoms with Crippen molar-refractivity contribution in [1.82, 2.24) is 4.72 Å². The van der Waals surface area contributed by atoms with Crippen molar-refractivity contribution >= 4 is 21.6 Å². The molecule has 1 amide bonds. The van der Waals surface area contributed by atoms with Gasteiger partial charge >= 0.3 is 0 Å². The molecule has 154 valence electrons. The fraction of sp³-hybridized carbons (Fsp3) is 0.435. The molecule has 2 atom stereocenters. The Morgan fingerprint density at radius 1 is 1.17 bits per heavy atom. The van der Waals surface area contributed by atoms with Gasteiger partial charge in [-0.3, -0.25) is 4.79 Å². The van der Waals surface area contributed by atoms with E-state index >= 15 is 0 Å². The quantitative estimate of drug-likeness (QED) is 0.784. The van der Waals surface area contributed by atoms with Crippen LogP contribution in [-0.4, -0.2) is 26.9 Å². The molecule has 2 unspecified atom stereocenters. The van der Waals surface area contributed by atoms with Crippen molar-refractivity contribution in [3.63, 3.8) is 0 Å². The van der Waals surface area contributed by atoms with Crippen molar-refractivity contribution in [2.24, 2.45) is 5.92 Å². The van der Waals surface area contributed by atoms with Gasteiger partial charge in [-0.2, -0.15) is 0 Å². The molecule has 1 fully saturated rings. The van der Waals surface area contributed by atoms with Crippen LogP contribution in [0.4, 0.5) is 5.69 Å². The summed E-state index contributed by atoms with van der Waals surface area (Å²) in [6.07, 6.45) is 3.74. The Morgan fingerprint density at radius 2 is 1.90 bits per heavy atom. The molecule has 2 aliphatic rings. The van der Waals surface area contributed by atoms with E-state index in [0.717, 1.165) is 36.1 Å². The maximum absolute atomic E-state index is 12.8. The minimum absolute atomic E-state index is 0.0714. The van der Waals surface area contributed by atoms with E-state index in [9.17, 15) is 13.2 Å². The average molecular weight is 413 g/mol. The highest BCUT2D eigenvalue weighted by molar-refractivity contribution is 7.89. The number of anilines is 1. The molecule has 0 aromatic heterocycles. The first-order chi connectivity index (χ1) is 13.9. The van der Waals surface area contributed by atoms with Crippen molar-refractivity contribution in [2.75, 3.05) is 11.4 Å². The highest BCUT2D eigenvalue weighted by Crippen LogP contribution is 2.38. The van der Waals surface area contributed by atoms with Gasteiger partial charge in [0, 0.05) is 24.2 Å². The summed E-state index contributed by atoms with van der Waals surface area (Å²) >= 11 is 0. The van der Waals surface area contributed by atoms with Gasteiger partial charge in [-0.15, -0.1) is 0 Å². The number of rotatable bonds is 6. The summed E-state index contributed by atoms with van der Waals surface area (Å²) in [5.41, 5.74) is 2.90. The van der Waals surface area contributed by atoms with Crippen LogP contribution in [0.1, 0.15) is 50.2 Å². The van der Waals surface area contributed by atoms with E-state index in [1.54, 1.807) is 18.2 Å².